The fourth-order valence-electron chi connectivity index (χ4n) is 3.90. The van der Waals surface area contributed by atoms with Gasteiger partial charge in [-0.05, 0) is 115 Å². The Morgan fingerprint density at radius 2 is 1.27 bits per heavy atom. The van der Waals surface area contributed by atoms with Crippen molar-refractivity contribution in [1.29, 1.82) is 0 Å². The number of ether oxygens (including phenoxy) is 2. The summed E-state index contributed by atoms with van der Waals surface area (Å²) in [5.41, 5.74) is 9.72. The van der Waals surface area contributed by atoms with Crippen molar-refractivity contribution in [2.24, 2.45) is 0 Å². The van der Waals surface area contributed by atoms with Crippen LogP contribution in [0.1, 0.15) is 38.3 Å². The van der Waals surface area contributed by atoms with Gasteiger partial charge < -0.3 is 9.47 Å². The van der Waals surface area contributed by atoms with Crippen LogP contribution in [0.5, 0.6) is 5.75 Å². The Kier molecular flexibility index (Phi) is 10.4. The zero-order valence-corrected chi connectivity index (χ0v) is 24.0. The summed E-state index contributed by atoms with van der Waals surface area (Å²) in [6.45, 7) is 30.1. The van der Waals surface area contributed by atoms with Gasteiger partial charge in [0.2, 0.25) is 0 Å². The molecule has 0 bridgehead atoms. The lowest BCUT2D eigenvalue weighted by atomic mass is 9.94. The zero-order valence-electron chi connectivity index (χ0n) is 24.0. The quantitative estimate of drug-likeness (QED) is 0.151. The molecule has 0 radical (unpaired) electrons. The monoisotopic (exact) mass is 534 g/mol. The molecule has 3 rings (SSSR count). The minimum absolute atomic E-state index is 0.229. The van der Waals surface area contributed by atoms with Crippen LogP contribution in [0.2, 0.25) is 0 Å². The van der Waals surface area contributed by atoms with Crippen LogP contribution < -0.4 is 4.74 Å². The topological polar surface area (TPSA) is 18.5 Å². The molecule has 3 heteroatoms. The van der Waals surface area contributed by atoms with Crippen molar-refractivity contribution in [3.8, 4) is 28.0 Å². The Labute approximate surface area is 239 Å². The molecule has 0 N–H and O–H groups in total. The van der Waals surface area contributed by atoms with Gasteiger partial charge in [-0.2, -0.15) is 0 Å². The lowest BCUT2D eigenvalue weighted by molar-refractivity contribution is 0.144. The second-order valence-corrected chi connectivity index (χ2v) is 10.3. The van der Waals surface area contributed by atoms with Gasteiger partial charge in [-0.25, -0.2) is 4.39 Å². The molecule has 0 unspecified atom stereocenters. The van der Waals surface area contributed by atoms with Crippen LogP contribution in [0, 0.1) is 5.82 Å². The summed E-state index contributed by atoms with van der Waals surface area (Å²) >= 11 is 0. The molecular formula is C37H39FO2. The lowest BCUT2D eigenvalue weighted by Gasteiger charge is -2.14. The standard InChI is InChI=1S/C37H39FO2/c1-24(2)27(7)10-11-32-12-13-33(21-37(32)38)35-19-30(23-39-22-28(8)25(3)4)18-34(20-35)31-14-16-36(17-15-31)40-29(9)26(5)6/h12-21H,1,3,5,7-11,22-23H2,2,4,6H3. The third kappa shape index (κ3) is 8.39. The van der Waals surface area contributed by atoms with Gasteiger partial charge >= 0.3 is 0 Å². The van der Waals surface area contributed by atoms with Crippen molar-refractivity contribution in [3.63, 3.8) is 0 Å². The highest BCUT2D eigenvalue weighted by Crippen LogP contribution is 2.31. The molecule has 0 spiro atoms. The predicted molar refractivity (Wildman–Crippen MR) is 168 cm³/mol. The highest BCUT2D eigenvalue weighted by atomic mass is 19.1. The molecule has 0 aliphatic heterocycles. The van der Waals surface area contributed by atoms with Gasteiger partial charge in [-0.15, -0.1) is 0 Å². The molecule has 0 aliphatic carbocycles. The lowest BCUT2D eigenvalue weighted by Crippen LogP contribution is -2.00. The normalized spacial score (nSPS) is 10.6. The number of hydrogen-bond acceptors (Lipinski definition) is 2. The van der Waals surface area contributed by atoms with E-state index in [1.807, 2.05) is 63.2 Å². The highest BCUT2D eigenvalue weighted by molar-refractivity contribution is 5.74. The first-order valence-electron chi connectivity index (χ1n) is 13.3. The van der Waals surface area contributed by atoms with Crippen LogP contribution in [-0.2, 0) is 17.8 Å². The van der Waals surface area contributed by atoms with Gasteiger partial charge in [0.25, 0.3) is 0 Å². The van der Waals surface area contributed by atoms with Crippen molar-refractivity contribution in [3.05, 3.63) is 151 Å². The van der Waals surface area contributed by atoms with E-state index in [-0.39, 0.29) is 5.82 Å². The van der Waals surface area contributed by atoms with Gasteiger partial charge in [0.1, 0.15) is 17.3 Å². The maximum Gasteiger partial charge on any atom is 0.127 e. The number of hydrogen-bond donors (Lipinski definition) is 0. The van der Waals surface area contributed by atoms with Crippen LogP contribution in [0.25, 0.3) is 22.3 Å². The molecule has 0 aliphatic rings. The first-order valence-corrected chi connectivity index (χ1v) is 13.3. The fourth-order valence-corrected chi connectivity index (χ4v) is 3.90. The zero-order chi connectivity index (χ0) is 29.4. The van der Waals surface area contributed by atoms with Crippen LogP contribution in [0.3, 0.4) is 0 Å². The second-order valence-electron chi connectivity index (χ2n) is 10.3. The summed E-state index contributed by atoms with van der Waals surface area (Å²) in [6, 6.07) is 19.4. The predicted octanol–water partition coefficient (Wildman–Crippen LogP) is 10.3. The molecular weight excluding hydrogens is 495 g/mol. The van der Waals surface area contributed by atoms with Gasteiger partial charge in [0.05, 0.1) is 13.2 Å². The number of aryl methyl sites for hydroxylation is 1. The van der Waals surface area contributed by atoms with Crippen LogP contribution in [-0.4, -0.2) is 6.61 Å². The minimum Gasteiger partial charge on any atom is -0.458 e. The first kappa shape index (κ1) is 30.3. The Bertz CT molecular complexity index is 1470. The maximum atomic E-state index is 15.2. The summed E-state index contributed by atoms with van der Waals surface area (Å²) in [7, 11) is 0. The molecule has 206 valence electrons. The number of allylic oxidation sites excluding steroid dienone is 3. The Morgan fingerprint density at radius 1 is 0.675 bits per heavy atom. The largest absolute Gasteiger partial charge is 0.458 e. The van der Waals surface area contributed by atoms with Crippen molar-refractivity contribution in [2.75, 3.05) is 6.61 Å². The first-order chi connectivity index (χ1) is 18.9. The number of benzene rings is 3. The smallest absolute Gasteiger partial charge is 0.127 e. The van der Waals surface area contributed by atoms with E-state index < -0.39 is 0 Å². The van der Waals surface area contributed by atoms with E-state index in [0.29, 0.717) is 43.1 Å². The van der Waals surface area contributed by atoms with Gasteiger partial charge in [-0.3, -0.25) is 0 Å². The average Bonchev–Trinajstić information content (AvgIpc) is 2.92. The molecule has 0 saturated carbocycles. The van der Waals surface area contributed by atoms with E-state index in [4.69, 9.17) is 9.47 Å². The molecule has 40 heavy (non-hydrogen) atoms. The van der Waals surface area contributed by atoms with E-state index in [1.54, 1.807) is 6.07 Å². The van der Waals surface area contributed by atoms with E-state index in [2.05, 4.69) is 51.6 Å². The molecule has 0 heterocycles. The van der Waals surface area contributed by atoms with Crippen LogP contribution in [0.15, 0.2) is 134 Å². The van der Waals surface area contributed by atoms with Gasteiger partial charge in [0, 0.05) is 0 Å². The molecule has 2 nitrogen and oxygen atoms in total. The number of rotatable bonds is 14. The molecule has 0 atom stereocenters. The molecule has 0 aromatic heterocycles. The molecule has 3 aromatic rings. The number of halogens is 1. The summed E-state index contributed by atoms with van der Waals surface area (Å²) in [6.07, 6.45) is 1.26. The van der Waals surface area contributed by atoms with Crippen molar-refractivity contribution < 1.29 is 13.9 Å². The highest BCUT2D eigenvalue weighted by Gasteiger charge is 2.11. The van der Waals surface area contributed by atoms with E-state index in [0.717, 1.165) is 55.7 Å². The molecule has 3 aromatic carbocycles. The third-order valence-corrected chi connectivity index (χ3v) is 6.73. The summed E-state index contributed by atoms with van der Waals surface area (Å²) in [5, 5.41) is 0. The Balaban J connectivity index is 1.92. The minimum atomic E-state index is -0.229. The fraction of sp³-hybridized carbons (Fsp3) is 0.189. The Morgan fingerprint density at radius 3 is 1.85 bits per heavy atom. The maximum absolute atomic E-state index is 15.2. The van der Waals surface area contributed by atoms with Crippen molar-refractivity contribution in [2.45, 2.75) is 40.2 Å². The van der Waals surface area contributed by atoms with E-state index in [9.17, 15) is 0 Å². The third-order valence-electron chi connectivity index (χ3n) is 6.73. The summed E-state index contributed by atoms with van der Waals surface area (Å²) < 4.78 is 26.9. The molecule has 0 saturated heterocycles. The van der Waals surface area contributed by atoms with Crippen LogP contribution in [0.4, 0.5) is 4.39 Å². The molecule has 0 amide bonds. The van der Waals surface area contributed by atoms with Crippen molar-refractivity contribution >= 4 is 0 Å². The van der Waals surface area contributed by atoms with Gasteiger partial charge in [0.15, 0.2) is 0 Å². The second kappa shape index (κ2) is 13.7. The average molecular weight is 535 g/mol. The SMILES string of the molecule is C=C(C)C(=C)CCc1ccc(-c2cc(COCC(=C)C(=C)C)cc(-c3ccc(OC(=C)C(=C)C)cc3)c2)cc1F. The van der Waals surface area contributed by atoms with Gasteiger partial charge in [-0.1, -0.05) is 80.5 Å². The molecule has 0 fully saturated rings. The summed E-state index contributed by atoms with van der Waals surface area (Å²) in [4.78, 5) is 0. The van der Waals surface area contributed by atoms with Crippen LogP contribution >= 0.6 is 0 Å². The van der Waals surface area contributed by atoms with E-state index >= 15 is 4.39 Å². The summed E-state index contributed by atoms with van der Waals surface area (Å²) in [5.74, 6) is 0.980. The van der Waals surface area contributed by atoms with Crippen molar-refractivity contribution in [1.82, 2.24) is 0 Å². The Hall–Kier alpha value is -4.21. The van der Waals surface area contributed by atoms with E-state index in [1.165, 1.54) is 0 Å².